The van der Waals surface area contributed by atoms with E-state index in [0.717, 1.165) is 11.8 Å². The fourth-order valence-electron chi connectivity index (χ4n) is 2.89. The Bertz CT molecular complexity index is 966. The van der Waals surface area contributed by atoms with Gasteiger partial charge in [0, 0.05) is 24.1 Å². The summed E-state index contributed by atoms with van der Waals surface area (Å²) < 4.78 is 36.4. The highest BCUT2D eigenvalue weighted by Gasteiger charge is 2.19. The number of sulfonamides is 1. The third-order valence-corrected chi connectivity index (χ3v) is 5.74. The van der Waals surface area contributed by atoms with Crippen molar-refractivity contribution >= 4 is 33.2 Å². The molecule has 0 unspecified atom stereocenters. The van der Waals surface area contributed by atoms with E-state index in [0.29, 0.717) is 41.8 Å². The second-order valence-corrected chi connectivity index (χ2v) is 9.09. The third-order valence-electron chi connectivity index (χ3n) is 4.33. The molecule has 2 rings (SSSR count). The number of ether oxygens (including phenoxy) is 2. The Morgan fingerprint density at radius 3 is 2.57 bits per heavy atom. The van der Waals surface area contributed by atoms with Crippen LogP contribution in [0, 0.1) is 6.92 Å². The van der Waals surface area contributed by atoms with Gasteiger partial charge in [0.25, 0.3) is 0 Å². The highest BCUT2D eigenvalue weighted by atomic mass is 35.5. The van der Waals surface area contributed by atoms with Crippen LogP contribution < -0.4 is 19.1 Å². The molecule has 0 bridgehead atoms. The van der Waals surface area contributed by atoms with Gasteiger partial charge in [0.05, 0.1) is 25.6 Å². The number of rotatable bonds is 11. The molecule has 9 heteroatoms. The predicted molar refractivity (Wildman–Crippen MR) is 119 cm³/mol. The molecule has 0 aliphatic heterocycles. The fraction of sp³-hybridized carbons (Fsp3) is 0.381. The fourth-order valence-corrected chi connectivity index (χ4v) is 4.14. The lowest BCUT2D eigenvalue weighted by Crippen LogP contribution is -2.33. The van der Waals surface area contributed by atoms with Gasteiger partial charge in [-0.1, -0.05) is 17.7 Å². The van der Waals surface area contributed by atoms with E-state index in [1.54, 1.807) is 38.3 Å². The van der Waals surface area contributed by atoms with Crippen molar-refractivity contribution in [1.29, 1.82) is 0 Å². The zero-order valence-electron chi connectivity index (χ0n) is 17.4. The third kappa shape index (κ3) is 7.42. The van der Waals surface area contributed by atoms with Gasteiger partial charge in [0.2, 0.25) is 15.9 Å². The predicted octanol–water partition coefficient (Wildman–Crippen LogP) is 3.40. The Balaban J connectivity index is 1.78. The van der Waals surface area contributed by atoms with Gasteiger partial charge in [0.15, 0.2) is 0 Å². The van der Waals surface area contributed by atoms with E-state index in [-0.39, 0.29) is 18.9 Å². The number of nitrogens with one attached hydrogen (secondary N) is 1. The van der Waals surface area contributed by atoms with Crippen LogP contribution in [0.25, 0.3) is 0 Å². The Hall–Kier alpha value is -2.45. The smallest absolute Gasteiger partial charge is 0.232 e. The average molecular weight is 455 g/mol. The number of hydrogen-bond acceptors (Lipinski definition) is 5. The van der Waals surface area contributed by atoms with Gasteiger partial charge >= 0.3 is 0 Å². The van der Waals surface area contributed by atoms with Crippen LogP contribution >= 0.6 is 11.6 Å². The van der Waals surface area contributed by atoms with Gasteiger partial charge in [-0.25, -0.2) is 8.42 Å². The average Bonchev–Trinajstić information content (AvgIpc) is 2.69. The lowest BCUT2D eigenvalue weighted by Gasteiger charge is -2.24. The summed E-state index contributed by atoms with van der Waals surface area (Å²) in [4.78, 5) is 12.1. The number of carbonyl (C=O) groups excluding carboxylic acids is 1. The minimum atomic E-state index is -3.48. The monoisotopic (exact) mass is 454 g/mol. The van der Waals surface area contributed by atoms with E-state index in [9.17, 15) is 13.2 Å². The second kappa shape index (κ2) is 11.1. The molecule has 0 saturated heterocycles. The van der Waals surface area contributed by atoms with Crippen LogP contribution in [0.3, 0.4) is 0 Å². The number of anilines is 1. The molecule has 1 amide bonds. The number of hydrogen-bond donors (Lipinski definition) is 1. The summed E-state index contributed by atoms with van der Waals surface area (Å²) in [7, 11) is -1.90. The first-order valence-corrected chi connectivity index (χ1v) is 11.7. The maximum Gasteiger partial charge on any atom is 0.232 e. The molecule has 2 aromatic carbocycles. The maximum atomic E-state index is 12.2. The van der Waals surface area contributed by atoms with Crippen molar-refractivity contribution in [3.63, 3.8) is 0 Å². The topological polar surface area (TPSA) is 84.9 Å². The molecule has 0 aromatic heterocycles. The Kier molecular flexibility index (Phi) is 8.80. The molecule has 0 aliphatic rings. The quantitative estimate of drug-likeness (QED) is 0.526. The minimum Gasteiger partial charge on any atom is -0.497 e. The molecule has 164 valence electrons. The summed E-state index contributed by atoms with van der Waals surface area (Å²) in [5.74, 6) is 1.19. The Morgan fingerprint density at radius 1 is 1.17 bits per heavy atom. The SMILES string of the molecule is COc1cccc(OCCNC(=O)CCCN(c2ccc(Cl)cc2C)S(C)(=O)=O)c1. The van der Waals surface area contributed by atoms with Crippen LogP contribution in [-0.2, 0) is 14.8 Å². The van der Waals surface area contributed by atoms with Crippen molar-refractivity contribution in [2.45, 2.75) is 19.8 Å². The zero-order chi connectivity index (χ0) is 22.1. The molecule has 30 heavy (non-hydrogen) atoms. The van der Waals surface area contributed by atoms with E-state index in [4.69, 9.17) is 21.1 Å². The van der Waals surface area contributed by atoms with E-state index in [2.05, 4.69) is 5.32 Å². The summed E-state index contributed by atoms with van der Waals surface area (Å²) in [6, 6.07) is 12.3. The highest BCUT2D eigenvalue weighted by Crippen LogP contribution is 2.26. The van der Waals surface area contributed by atoms with Gasteiger partial charge in [-0.05, 0) is 49.2 Å². The molecular weight excluding hydrogens is 428 g/mol. The number of amides is 1. The van der Waals surface area contributed by atoms with E-state index in [1.807, 2.05) is 18.2 Å². The van der Waals surface area contributed by atoms with Crippen molar-refractivity contribution in [3.8, 4) is 11.5 Å². The second-order valence-electron chi connectivity index (χ2n) is 6.75. The molecule has 0 spiro atoms. The molecule has 0 radical (unpaired) electrons. The molecule has 0 fully saturated rings. The maximum absolute atomic E-state index is 12.2. The van der Waals surface area contributed by atoms with Crippen LogP contribution in [0.4, 0.5) is 5.69 Å². The van der Waals surface area contributed by atoms with Crippen LogP contribution in [0.1, 0.15) is 18.4 Å². The normalized spacial score (nSPS) is 11.1. The van der Waals surface area contributed by atoms with Crippen molar-refractivity contribution in [1.82, 2.24) is 5.32 Å². The summed E-state index contributed by atoms with van der Waals surface area (Å²) in [5, 5.41) is 3.31. The molecule has 0 heterocycles. The van der Waals surface area contributed by atoms with Crippen molar-refractivity contribution < 1.29 is 22.7 Å². The molecule has 0 aliphatic carbocycles. The van der Waals surface area contributed by atoms with E-state index < -0.39 is 10.0 Å². The molecule has 0 saturated carbocycles. The lowest BCUT2D eigenvalue weighted by molar-refractivity contribution is -0.121. The summed E-state index contributed by atoms with van der Waals surface area (Å²) in [6.45, 7) is 2.67. The standard InChI is InChI=1S/C21H27ClN2O5S/c1-16-14-17(22)9-10-20(16)24(30(3,26)27)12-5-8-21(25)23-11-13-29-19-7-4-6-18(15-19)28-2/h4,6-7,9-10,14-15H,5,8,11-13H2,1-3H3,(H,23,25). The summed E-state index contributed by atoms with van der Waals surface area (Å²) in [6.07, 6.45) is 1.74. The van der Waals surface area contributed by atoms with Gasteiger partial charge in [-0.2, -0.15) is 0 Å². The number of aryl methyl sites for hydroxylation is 1. The Labute approximate surface area is 183 Å². The largest absolute Gasteiger partial charge is 0.497 e. The van der Waals surface area contributed by atoms with Crippen LogP contribution in [0.2, 0.25) is 5.02 Å². The van der Waals surface area contributed by atoms with Crippen molar-refractivity contribution in [2.75, 3.05) is 37.4 Å². The van der Waals surface area contributed by atoms with Gasteiger partial charge in [-0.3, -0.25) is 9.10 Å². The highest BCUT2D eigenvalue weighted by molar-refractivity contribution is 7.92. The molecular formula is C21H27ClN2O5S. The first-order valence-electron chi connectivity index (χ1n) is 9.48. The van der Waals surface area contributed by atoms with Crippen LogP contribution in [-0.4, -0.2) is 47.4 Å². The van der Waals surface area contributed by atoms with E-state index in [1.165, 1.54) is 4.31 Å². The van der Waals surface area contributed by atoms with Crippen molar-refractivity contribution in [2.24, 2.45) is 0 Å². The number of halogens is 1. The minimum absolute atomic E-state index is 0.162. The summed E-state index contributed by atoms with van der Waals surface area (Å²) >= 11 is 5.96. The number of nitrogens with zero attached hydrogens (tertiary/aromatic N) is 1. The van der Waals surface area contributed by atoms with Gasteiger partial charge in [0.1, 0.15) is 18.1 Å². The first kappa shape index (κ1) is 23.8. The molecule has 2 aromatic rings. The van der Waals surface area contributed by atoms with Crippen LogP contribution in [0.15, 0.2) is 42.5 Å². The van der Waals surface area contributed by atoms with Crippen LogP contribution in [0.5, 0.6) is 11.5 Å². The number of methoxy groups -OCH3 is 1. The number of carbonyl (C=O) groups is 1. The molecule has 0 atom stereocenters. The lowest BCUT2D eigenvalue weighted by atomic mass is 10.2. The van der Waals surface area contributed by atoms with Crippen molar-refractivity contribution in [3.05, 3.63) is 53.1 Å². The van der Waals surface area contributed by atoms with E-state index >= 15 is 0 Å². The molecule has 7 nitrogen and oxygen atoms in total. The molecule has 1 N–H and O–H groups in total. The first-order chi connectivity index (χ1) is 14.2. The Morgan fingerprint density at radius 2 is 1.90 bits per heavy atom. The number of benzene rings is 2. The van der Waals surface area contributed by atoms with Gasteiger partial charge < -0.3 is 14.8 Å². The zero-order valence-corrected chi connectivity index (χ0v) is 18.9. The van der Waals surface area contributed by atoms with Gasteiger partial charge in [-0.15, -0.1) is 0 Å². The summed E-state index contributed by atoms with van der Waals surface area (Å²) in [5.41, 5.74) is 1.32.